The monoisotopic (exact) mass is 235 g/mol. The third-order valence-electron chi connectivity index (χ3n) is 2.32. The zero-order valence-corrected chi connectivity index (χ0v) is 10.1. The molecule has 0 aliphatic rings. The largest absolute Gasteiger partial charge is 0.320 e. The van der Waals surface area contributed by atoms with E-state index in [-0.39, 0.29) is 6.04 Å². The molecule has 15 heavy (non-hydrogen) atoms. The molecule has 0 saturated heterocycles. The topological polar surface area (TPSA) is 26.0 Å². The molecule has 0 fully saturated rings. The molecule has 0 aliphatic heterocycles. The van der Waals surface area contributed by atoms with E-state index < -0.39 is 0 Å². The van der Waals surface area contributed by atoms with E-state index in [9.17, 15) is 0 Å². The number of hydrogen-bond acceptors (Lipinski definition) is 3. The molecule has 0 radical (unpaired) electrons. The Kier molecular flexibility index (Phi) is 3.46. The van der Waals surface area contributed by atoms with Gasteiger partial charge in [-0.25, -0.2) is 0 Å². The van der Waals surface area contributed by atoms with Crippen LogP contribution in [0.1, 0.15) is 16.5 Å². The molecule has 0 amide bonds. The van der Waals surface area contributed by atoms with Gasteiger partial charge in [0.25, 0.3) is 0 Å². The van der Waals surface area contributed by atoms with Gasteiger partial charge in [-0.2, -0.15) is 0 Å². The minimum atomic E-state index is 0.0147. The Hall–Kier alpha value is -0.770. The number of rotatable bonds is 3. The van der Waals surface area contributed by atoms with Crippen LogP contribution in [0, 0.1) is 0 Å². The van der Waals surface area contributed by atoms with Crippen molar-refractivity contribution in [3.63, 3.8) is 0 Å². The molecule has 1 aromatic carbocycles. The van der Waals surface area contributed by atoms with Crippen LogP contribution in [0.25, 0.3) is 0 Å². The molecule has 1 nitrogen and oxygen atoms in total. The summed E-state index contributed by atoms with van der Waals surface area (Å²) in [4.78, 5) is 2.49. The van der Waals surface area contributed by atoms with Crippen molar-refractivity contribution in [2.45, 2.75) is 10.9 Å². The zero-order valence-electron chi connectivity index (χ0n) is 8.51. The molecule has 0 bridgehead atoms. The van der Waals surface area contributed by atoms with Gasteiger partial charge in [0.05, 0.1) is 6.04 Å². The molecule has 2 N–H and O–H groups in total. The van der Waals surface area contributed by atoms with Gasteiger partial charge < -0.3 is 5.73 Å². The first-order valence-electron chi connectivity index (χ1n) is 4.74. The highest BCUT2D eigenvalue weighted by atomic mass is 32.2. The fourth-order valence-electron chi connectivity index (χ4n) is 1.44. The van der Waals surface area contributed by atoms with Crippen molar-refractivity contribution in [3.05, 3.63) is 52.2 Å². The van der Waals surface area contributed by atoms with Gasteiger partial charge in [-0.15, -0.1) is 23.1 Å². The summed E-state index contributed by atoms with van der Waals surface area (Å²) in [5, 5.41) is 2.06. The summed E-state index contributed by atoms with van der Waals surface area (Å²) >= 11 is 3.45. The number of thioether (sulfide) groups is 1. The van der Waals surface area contributed by atoms with Crippen LogP contribution in [0.15, 0.2) is 46.7 Å². The molecule has 0 aliphatic carbocycles. The van der Waals surface area contributed by atoms with Crippen molar-refractivity contribution in [3.8, 4) is 0 Å². The predicted molar refractivity (Wildman–Crippen MR) is 68.6 cm³/mol. The van der Waals surface area contributed by atoms with E-state index in [2.05, 4.69) is 42.0 Å². The summed E-state index contributed by atoms with van der Waals surface area (Å²) in [6.45, 7) is 0. The normalized spacial score (nSPS) is 12.7. The predicted octanol–water partition coefficient (Wildman–Crippen LogP) is 3.52. The Balaban J connectivity index is 2.22. The number of nitrogens with two attached hydrogens (primary N) is 1. The van der Waals surface area contributed by atoms with Gasteiger partial charge in [-0.3, -0.25) is 0 Å². The second-order valence-corrected chi connectivity index (χ2v) is 5.13. The van der Waals surface area contributed by atoms with Gasteiger partial charge in [-0.05, 0) is 35.4 Å². The first-order valence-corrected chi connectivity index (χ1v) is 6.84. The van der Waals surface area contributed by atoms with Crippen molar-refractivity contribution < 1.29 is 0 Å². The van der Waals surface area contributed by atoms with Crippen LogP contribution >= 0.6 is 23.1 Å². The zero-order chi connectivity index (χ0) is 10.7. The van der Waals surface area contributed by atoms with E-state index in [0.717, 1.165) is 0 Å². The van der Waals surface area contributed by atoms with Gasteiger partial charge in [0, 0.05) is 9.77 Å². The number of thiophene rings is 1. The molecule has 1 heterocycles. The van der Waals surface area contributed by atoms with Gasteiger partial charge in [0.2, 0.25) is 0 Å². The molecule has 2 rings (SSSR count). The molecule has 78 valence electrons. The van der Waals surface area contributed by atoms with Gasteiger partial charge in [0.15, 0.2) is 0 Å². The van der Waals surface area contributed by atoms with Crippen molar-refractivity contribution in [2.24, 2.45) is 5.73 Å². The Morgan fingerprint density at radius 2 is 1.93 bits per heavy atom. The Morgan fingerprint density at radius 3 is 2.47 bits per heavy atom. The Morgan fingerprint density at radius 1 is 1.20 bits per heavy atom. The maximum absolute atomic E-state index is 6.16. The van der Waals surface area contributed by atoms with E-state index in [4.69, 9.17) is 5.73 Å². The molecular formula is C12H13NS2. The Labute approximate surface area is 98.3 Å². The molecule has 0 unspecified atom stereocenters. The lowest BCUT2D eigenvalue weighted by atomic mass is 10.1. The van der Waals surface area contributed by atoms with Gasteiger partial charge >= 0.3 is 0 Å². The third kappa shape index (κ3) is 2.43. The summed E-state index contributed by atoms with van der Waals surface area (Å²) in [5.41, 5.74) is 7.33. The average Bonchev–Trinajstić information content (AvgIpc) is 2.82. The Bertz CT molecular complexity index is 406. The van der Waals surface area contributed by atoms with Crippen LogP contribution in [-0.2, 0) is 0 Å². The fraction of sp³-hybridized carbons (Fsp3) is 0.167. The molecule has 1 aromatic heterocycles. The minimum absolute atomic E-state index is 0.0147. The van der Waals surface area contributed by atoms with E-state index in [0.29, 0.717) is 0 Å². The lowest BCUT2D eigenvalue weighted by Crippen LogP contribution is -2.09. The summed E-state index contributed by atoms with van der Waals surface area (Å²) in [5.74, 6) is 0. The van der Waals surface area contributed by atoms with Gasteiger partial charge in [0.1, 0.15) is 0 Å². The lowest BCUT2D eigenvalue weighted by molar-refractivity contribution is 0.891. The minimum Gasteiger partial charge on any atom is -0.320 e. The molecule has 0 spiro atoms. The van der Waals surface area contributed by atoms with Crippen LogP contribution in [0.4, 0.5) is 0 Å². The average molecular weight is 235 g/mol. The quantitative estimate of drug-likeness (QED) is 0.824. The summed E-state index contributed by atoms with van der Waals surface area (Å²) in [7, 11) is 0. The molecule has 3 heteroatoms. The van der Waals surface area contributed by atoms with Crippen LogP contribution in [0.3, 0.4) is 0 Å². The van der Waals surface area contributed by atoms with Crippen molar-refractivity contribution in [1.29, 1.82) is 0 Å². The fourth-order valence-corrected chi connectivity index (χ4v) is 2.61. The number of hydrogen-bond donors (Lipinski definition) is 1. The van der Waals surface area contributed by atoms with E-state index in [1.54, 1.807) is 23.1 Å². The standard InChI is InChI=1S/C12H13NS2/c1-14-10-6-4-9(5-7-10)12(13)11-3-2-8-15-11/h2-8,12H,13H2,1H3/t12-/m1/s1. The van der Waals surface area contributed by atoms with Crippen LogP contribution in [-0.4, -0.2) is 6.26 Å². The maximum Gasteiger partial charge on any atom is 0.0646 e. The number of benzene rings is 1. The summed E-state index contributed by atoms with van der Waals surface area (Å²) < 4.78 is 0. The van der Waals surface area contributed by atoms with Crippen LogP contribution in [0.2, 0.25) is 0 Å². The van der Waals surface area contributed by atoms with E-state index >= 15 is 0 Å². The lowest BCUT2D eigenvalue weighted by Gasteiger charge is -2.10. The summed E-state index contributed by atoms with van der Waals surface area (Å²) in [6.07, 6.45) is 2.08. The smallest absolute Gasteiger partial charge is 0.0646 e. The third-order valence-corrected chi connectivity index (χ3v) is 4.02. The molecule has 0 saturated carbocycles. The van der Waals surface area contributed by atoms with Crippen LogP contribution < -0.4 is 5.73 Å². The second kappa shape index (κ2) is 4.84. The highest BCUT2D eigenvalue weighted by molar-refractivity contribution is 7.98. The van der Waals surface area contributed by atoms with Crippen LogP contribution in [0.5, 0.6) is 0 Å². The molecular weight excluding hydrogens is 222 g/mol. The van der Waals surface area contributed by atoms with Crippen molar-refractivity contribution >= 4 is 23.1 Å². The highest BCUT2D eigenvalue weighted by Crippen LogP contribution is 2.25. The van der Waals surface area contributed by atoms with Gasteiger partial charge in [-0.1, -0.05) is 18.2 Å². The molecule has 1 atom stereocenters. The highest BCUT2D eigenvalue weighted by Gasteiger charge is 2.08. The van der Waals surface area contributed by atoms with Crippen molar-refractivity contribution in [1.82, 2.24) is 0 Å². The first-order chi connectivity index (χ1) is 7.31. The van der Waals surface area contributed by atoms with Crippen molar-refractivity contribution in [2.75, 3.05) is 6.26 Å². The maximum atomic E-state index is 6.16. The first kappa shape index (κ1) is 10.7. The van der Waals surface area contributed by atoms with E-state index in [1.807, 2.05) is 6.07 Å². The summed E-state index contributed by atoms with van der Waals surface area (Å²) in [6, 6.07) is 12.6. The second-order valence-electron chi connectivity index (χ2n) is 3.27. The molecule has 2 aromatic rings. The SMILES string of the molecule is CSc1ccc([C@@H](N)c2cccs2)cc1. The van der Waals surface area contributed by atoms with E-state index in [1.165, 1.54) is 15.3 Å².